The molecule has 7 heteroatoms. The quantitative estimate of drug-likeness (QED) is 0.543. The van der Waals surface area contributed by atoms with Crippen LogP contribution >= 0.6 is 0 Å². The van der Waals surface area contributed by atoms with Crippen LogP contribution < -0.4 is 10.9 Å². The van der Waals surface area contributed by atoms with E-state index in [9.17, 15) is 9.59 Å². The first-order valence-corrected chi connectivity index (χ1v) is 10.6. The van der Waals surface area contributed by atoms with Crippen molar-refractivity contribution in [3.05, 3.63) is 81.9 Å². The van der Waals surface area contributed by atoms with E-state index in [-0.39, 0.29) is 17.6 Å². The second kappa shape index (κ2) is 8.00. The van der Waals surface area contributed by atoms with E-state index in [2.05, 4.69) is 5.32 Å². The van der Waals surface area contributed by atoms with Gasteiger partial charge in [0.15, 0.2) is 0 Å². The van der Waals surface area contributed by atoms with Gasteiger partial charge in [0.25, 0.3) is 11.5 Å². The zero-order valence-electron chi connectivity index (χ0n) is 17.4. The summed E-state index contributed by atoms with van der Waals surface area (Å²) in [5, 5.41) is 3.41. The van der Waals surface area contributed by atoms with Crippen LogP contribution in [0.4, 0.5) is 0 Å². The molecule has 0 saturated carbocycles. The number of carbonyl (C=O) groups excluding carboxylic acids is 1. The molecule has 1 aliphatic heterocycles. The fourth-order valence-electron chi connectivity index (χ4n) is 4.18. The van der Waals surface area contributed by atoms with Crippen LogP contribution in [0.15, 0.2) is 59.5 Å². The molecule has 1 aliphatic rings. The molecule has 1 atom stereocenters. The van der Waals surface area contributed by atoms with Crippen molar-refractivity contribution in [2.75, 3.05) is 13.2 Å². The molecule has 1 N–H and O–H groups in total. The number of fused-ring (bicyclic) bond motifs is 2. The number of carbonyl (C=O) groups is 1. The SMILES string of the molecule is Cc1cccn2c(=O)c3cc(C(=O)NC[C@@H]4CCCO4)n(Cc4ccccc4)c3nc12. The number of aromatic nitrogens is 3. The standard InChI is InChI=1S/C24H24N4O3/c1-16-7-5-11-27-21(16)26-22-19(24(27)30)13-20(23(29)25-14-18-10-6-12-31-18)28(22)15-17-8-3-2-4-9-17/h2-5,7-9,11,13,18H,6,10,12,14-15H2,1H3,(H,25,29)/t18-/m0/s1. The van der Waals surface area contributed by atoms with E-state index in [0.29, 0.717) is 35.5 Å². The summed E-state index contributed by atoms with van der Waals surface area (Å²) in [5.41, 5.74) is 3.29. The Kier molecular flexibility index (Phi) is 5.03. The van der Waals surface area contributed by atoms with E-state index < -0.39 is 0 Å². The first-order valence-electron chi connectivity index (χ1n) is 10.6. The average molecular weight is 416 g/mol. The number of pyridine rings is 1. The van der Waals surface area contributed by atoms with E-state index in [1.807, 2.05) is 54.0 Å². The van der Waals surface area contributed by atoms with Crippen LogP contribution in [0.25, 0.3) is 16.7 Å². The maximum atomic E-state index is 13.2. The third-order valence-corrected chi connectivity index (χ3v) is 5.82. The Morgan fingerprint density at radius 3 is 2.81 bits per heavy atom. The highest BCUT2D eigenvalue weighted by molar-refractivity contribution is 5.98. The third kappa shape index (κ3) is 3.61. The highest BCUT2D eigenvalue weighted by atomic mass is 16.5. The topological polar surface area (TPSA) is 77.6 Å². The molecule has 0 spiro atoms. The van der Waals surface area contributed by atoms with Crippen LogP contribution in [0.5, 0.6) is 0 Å². The largest absolute Gasteiger partial charge is 0.376 e. The Morgan fingerprint density at radius 1 is 1.19 bits per heavy atom. The molecule has 0 bridgehead atoms. The number of ether oxygens (including phenoxy) is 1. The van der Waals surface area contributed by atoms with Gasteiger partial charge < -0.3 is 14.6 Å². The minimum atomic E-state index is -0.227. The van der Waals surface area contributed by atoms with E-state index in [4.69, 9.17) is 9.72 Å². The summed E-state index contributed by atoms with van der Waals surface area (Å²) in [6, 6.07) is 15.3. The lowest BCUT2D eigenvalue weighted by Crippen LogP contribution is -2.33. The molecule has 158 valence electrons. The summed E-state index contributed by atoms with van der Waals surface area (Å²) in [6.45, 7) is 3.56. The molecule has 1 aromatic carbocycles. The van der Waals surface area contributed by atoms with Gasteiger partial charge in [0.1, 0.15) is 17.0 Å². The maximum absolute atomic E-state index is 13.2. The van der Waals surface area contributed by atoms with Crippen LogP contribution in [0, 0.1) is 6.92 Å². The fourth-order valence-corrected chi connectivity index (χ4v) is 4.18. The first-order chi connectivity index (χ1) is 15.1. The molecule has 3 aromatic heterocycles. The van der Waals surface area contributed by atoms with Crippen LogP contribution in [0.2, 0.25) is 0 Å². The summed E-state index contributed by atoms with van der Waals surface area (Å²) < 4.78 is 9.00. The summed E-state index contributed by atoms with van der Waals surface area (Å²) >= 11 is 0. The molecule has 1 saturated heterocycles. The van der Waals surface area contributed by atoms with E-state index in [1.54, 1.807) is 16.7 Å². The van der Waals surface area contributed by atoms with Gasteiger partial charge in [-0.15, -0.1) is 0 Å². The fraction of sp³-hybridized carbons (Fsp3) is 0.292. The Morgan fingerprint density at radius 2 is 2.03 bits per heavy atom. The summed E-state index contributed by atoms with van der Waals surface area (Å²) in [4.78, 5) is 31.1. The van der Waals surface area contributed by atoms with Gasteiger partial charge in [0, 0.05) is 25.9 Å². The molecule has 4 heterocycles. The molecule has 0 radical (unpaired) electrons. The number of amides is 1. The van der Waals surface area contributed by atoms with Crippen molar-refractivity contribution in [1.82, 2.24) is 19.3 Å². The summed E-state index contributed by atoms with van der Waals surface area (Å²) in [7, 11) is 0. The summed E-state index contributed by atoms with van der Waals surface area (Å²) in [5.74, 6) is -0.227. The van der Waals surface area contributed by atoms with Crippen molar-refractivity contribution in [2.24, 2.45) is 0 Å². The van der Waals surface area contributed by atoms with Crippen molar-refractivity contribution >= 4 is 22.6 Å². The number of benzene rings is 1. The predicted octanol–water partition coefficient (Wildman–Crippen LogP) is 2.91. The predicted molar refractivity (Wildman–Crippen MR) is 119 cm³/mol. The molecule has 0 unspecified atom stereocenters. The van der Waals surface area contributed by atoms with Gasteiger partial charge in [-0.05, 0) is 43.0 Å². The van der Waals surface area contributed by atoms with Gasteiger partial charge in [-0.1, -0.05) is 36.4 Å². The Labute approximate surface area is 179 Å². The molecule has 4 aromatic rings. The minimum absolute atomic E-state index is 0.0462. The molecule has 7 nitrogen and oxygen atoms in total. The number of nitrogens with zero attached hydrogens (tertiary/aromatic N) is 3. The maximum Gasteiger partial charge on any atom is 0.268 e. The summed E-state index contributed by atoms with van der Waals surface area (Å²) in [6.07, 6.45) is 3.72. The molecular weight excluding hydrogens is 392 g/mol. The van der Waals surface area contributed by atoms with Crippen molar-refractivity contribution in [1.29, 1.82) is 0 Å². The highest BCUT2D eigenvalue weighted by Gasteiger charge is 2.22. The van der Waals surface area contributed by atoms with Crippen molar-refractivity contribution < 1.29 is 9.53 Å². The second-order valence-electron chi connectivity index (χ2n) is 7.99. The van der Waals surface area contributed by atoms with Gasteiger partial charge in [-0.3, -0.25) is 14.0 Å². The molecule has 5 rings (SSSR count). The Balaban J connectivity index is 1.63. The lowest BCUT2D eigenvalue weighted by molar-refractivity contribution is 0.0851. The number of nitrogens with one attached hydrogen (secondary N) is 1. The Bertz CT molecular complexity index is 1320. The van der Waals surface area contributed by atoms with Crippen LogP contribution in [-0.4, -0.2) is 39.1 Å². The Hall–Kier alpha value is -3.45. The lowest BCUT2D eigenvalue weighted by atomic mass is 10.2. The molecule has 1 amide bonds. The van der Waals surface area contributed by atoms with E-state index in [1.165, 1.54) is 0 Å². The van der Waals surface area contributed by atoms with Gasteiger partial charge in [0.2, 0.25) is 0 Å². The van der Waals surface area contributed by atoms with Crippen LogP contribution in [-0.2, 0) is 11.3 Å². The van der Waals surface area contributed by atoms with Crippen molar-refractivity contribution in [3.8, 4) is 0 Å². The number of hydrogen-bond acceptors (Lipinski definition) is 4. The van der Waals surface area contributed by atoms with Gasteiger partial charge >= 0.3 is 0 Å². The zero-order chi connectivity index (χ0) is 21.4. The average Bonchev–Trinajstić information content (AvgIpc) is 3.43. The van der Waals surface area contributed by atoms with Gasteiger partial charge in [-0.2, -0.15) is 0 Å². The molecular formula is C24H24N4O3. The smallest absolute Gasteiger partial charge is 0.268 e. The molecule has 0 aliphatic carbocycles. The van der Waals surface area contributed by atoms with Gasteiger partial charge in [0.05, 0.1) is 11.5 Å². The monoisotopic (exact) mass is 416 g/mol. The van der Waals surface area contributed by atoms with E-state index in [0.717, 1.165) is 30.6 Å². The van der Waals surface area contributed by atoms with Crippen molar-refractivity contribution in [2.45, 2.75) is 32.4 Å². The van der Waals surface area contributed by atoms with Crippen LogP contribution in [0.1, 0.15) is 34.5 Å². The number of aryl methyl sites for hydroxylation is 1. The number of hydrogen-bond donors (Lipinski definition) is 1. The zero-order valence-corrected chi connectivity index (χ0v) is 17.4. The normalized spacial score (nSPS) is 16.2. The van der Waals surface area contributed by atoms with Crippen LogP contribution in [0.3, 0.4) is 0 Å². The highest BCUT2D eigenvalue weighted by Crippen LogP contribution is 2.20. The van der Waals surface area contributed by atoms with Gasteiger partial charge in [-0.25, -0.2) is 4.98 Å². The molecule has 1 fully saturated rings. The number of rotatable bonds is 5. The molecule has 31 heavy (non-hydrogen) atoms. The second-order valence-corrected chi connectivity index (χ2v) is 7.99. The first kappa shape index (κ1) is 19.5. The van der Waals surface area contributed by atoms with E-state index >= 15 is 0 Å². The van der Waals surface area contributed by atoms with Crippen molar-refractivity contribution in [3.63, 3.8) is 0 Å². The lowest BCUT2D eigenvalue weighted by Gasteiger charge is -2.13. The minimum Gasteiger partial charge on any atom is -0.376 e. The third-order valence-electron chi connectivity index (χ3n) is 5.82.